The van der Waals surface area contributed by atoms with E-state index in [1.807, 2.05) is 39.8 Å². The fourth-order valence-corrected chi connectivity index (χ4v) is 1.52. The number of benzene rings is 1. The number of pyridine rings is 1. The van der Waals surface area contributed by atoms with Crippen molar-refractivity contribution in [1.29, 1.82) is 0 Å². The number of rotatable bonds is 2. The Morgan fingerprint density at radius 1 is 0.889 bits per heavy atom. The second-order valence-corrected chi connectivity index (χ2v) is 3.73. The summed E-state index contributed by atoms with van der Waals surface area (Å²) in [6.07, 6.45) is 0. The zero-order valence-electron chi connectivity index (χ0n) is 12.6. The molecule has 2 nitrogen and oxygen atoms in total. The monoisotopic (exact) mass is 246 g/mol. The average Bonchev–Trinajstić information content (AvgIpc) is 2.42. The molecule has 0 bridgehead atoms. The number of hydrogen-bond acceptors (Lipinski definition) is 2. The van der Waals surface area contributed by atoms with Crippen molar-refractivity contribution in [2.24, 2.45) is 0 Å². The summed E-state index contributed by atoms with van der Waals surface area (Å²) in [4.78, 5) is 6.70. The van der Waals surface area contributed by atoms with E-state index in [4.69, 9.17) is 0 Å². The predicted octanol–water partition coefficient (Wildman–Crippen LogP) is 4.35. The van der Waals surface area contributed by atoms with Crippen LogP contribution in [-0.2, 0) is 6.54 Å². The van der Waals surface area contributed by atoms with Gasteiger partial charge in [-0.1, -0.05) is 52.0 Å². The number of fused-ring (bicyclic) bond motifs is 1. The lowest BCUT2D eigenvalue weighted by Gasteiger charge is -2.09. The van der Waals surface area contributed by atoms with E-state index in [9.17, 15) is 0 Å². The molecule has 0 radical (unpaired) electrons. The summed E-state index contributed by atoms with van der Waals surface area (Å²) in [5.74, 6) is 0. The van der Waals surface area contributed by atoms with Crippen LogP contribution in [-0.4, -0.2) is 24.0 Å². The van der Waals surface area contributed by atoms with Crippen LogP contribution >= 0.6 is 0 Å². The molecule has 100 valence electrons. The van der Waals surface area contributed by atoms with Gasteiger partial charge in [-0.3, -0.25) is 4.98 Å². The topological polar surface area (TPSA) is 16.1 Å². The van der Waals surface area contributed by atoms with Crippen LogP contribution in [0.3, 0.4) is 0 Å². The SMILES string of the molecule is CC.CC.CN(C)Cc1ccc2ccccc2n1. The van der Waals surface area contributed by atoms with E-state index in [0.29, 0.717) is 0 Å². The Bertz CT molecular complexity index is 436. The van der Waals surface area contributed by atoms with Crippen LogP contribution in [0.1, 0.15) is 33.4 Å². The smallest absolute Gasteiger partial charge is 0.0705 e. The fraction of sp³-hybridized carbons (Fsp3) is 0.438. The predicted molar refractivity (Wildman–Crippen MR) is 81.8 cm³/mol. The van der Waals surface area contributed by atoms with Crippen LogP contribution in [0.5, 0.6) is 0 Å². The van der Waals surface area contributed by atoms with Gasteiger partial charge in [0.25, 0.3) is 0 Å². The van der Waals surface area contributed by atoms with E-state index >= 15 is 0 Å². The number of nitrogens with zero attached hydrogens (tertiary/aromatic N) is 2. The Kier molecular flexibility index (Phi) is 8.85. The lowest BCUT2D eigenvalue weighted by Crippen LogP contribution is -2.11. The van der Waals surface area contributed by atoms with Gasteiger partial charge in [-0.25, -0.2) is 0 Å². The Morgan fingerprint density at radius 3 is 2.11 bits per heavy atom. The molecule has 0 amide bonds. The minimum Gasteiger partial charge on any atom is -0.304 e. The molecule has 0 atom stereocenters. The van der Waals surface area contributed by atoms with Gasteiger partial charge in [-0.05, 0) is 26.2 Å². The lowest BCUT2D eigenvalue weighted by molar-refractivity contribution is 0.397. The molecule has 0 fully saturated rings. The maximum Gasteiger partial charge on any atom is 0.0705 e. The van der Waals surface area contributed by atoms with Gasteiger partial charge in [0.15, 0.2) is 0 Å². The van der Waals surface area contributed by atoms with Gasteiger partial charge in [0.2, 0.25) is 0 Å². The molecule has 0 saturated carbocycles. The highest BCUT2D eigenvalue weighted by Crippen LogP contribution is 2.12. The molecule has 0 saturated heterocycles. The first kappa shape index (κ1) is 16.6. The molecule has 1 heterocycles. The summed E-state index contributed by atoms with van der Waals surface area (Å²) in [5, 5.41) is 1.20. The molecular weight excluding hydrogens is 220 g/mol. The van der Waals surface area contributed by atoms with Crippen LogP contribution in [0.4, 0.5) is 0 Å². The molecule has 18 heavy (non-hydrogen) atoms. The summed E-state index contributed by atoms with van der Waals surface area (Å²) in [6, 6.07) is 12.4. The largest absolute Gasteiger partial charge is 0.304 e. The number of aromatic nitrogens is 1. The summed E-state index contributed by atoms with van der Waals surface area (Å²) >= 11 is 0. The Morgan fingerprint density at radius 2 is 1.50 bits per heavy atom. The van der Waals surface area contributed by atoms with Gasteiger partial charge < -0.3 is 4.90 Å². The van der Waals surface area contributed by atoms with E-state index in [2.05, 4.69) is 48.2 Å². The van der Waals surface area contributed by atoms with Crippen molar-refractivity contribution in [3.63, 3.8) is 0 Å². The van der Waals surface area contributed by atoms with E-state index in [1.165, 1.54) is 5.39 Å². The van der Waals surface area contributed by atoms with Crippen molar-refractivity contribution >= 4 is 10.9 Å². The minimum absolute atomic E-state index is 0.894. The molecule has 2 heteroatoms. The zero-order chi connectivity index (χ0) is 14.0. The van der Waals surface area contributed by atoms with Crippen molar-refractivity contribution in [3.8, 4) is 0 Å². The summed E-state index contributed by atoms with van der Waals surface area (Å²) < 4.78 is 0. The van der Waals surface area contributed by atoms with Gasteiger partial charge in [-0.2, -0.15) is 0 Å². The number of para-hydroxylation sites is 1. The molecule has 0 spiro atoms. The van der Waals surface area contributed by atoms with Gasteiger partial charge in [0, 0.05) is 11.9 Å². The first-order chi connectivity index (χ1) is 8.75. The molecule has 0 aliphatic heterocycles. The van der Waals surface area contributed by atoms with Gasteiger partial charge in [0.1, 0.15) is 0 Å². The van der Waals surface area contributed by atoms with Gasteiger partial charge >= 0.3 is 0 Å². The average molecular weight is 246 g/mol. The third-order valence-electron chi connectivity index (χ3n) is 2.13. The van der Waals surface area contributed by atoms with Crippen LogP contribution in [0.15, 0.2) is 36.4 Å². The Balaban J connectivity index is 0.000000659. The van der Waals surface area contributed by atoms with Crippen LogP contribution in [0.25, 0.3) is 10.9 Å². The normalized spacial score (nSPS) is 9.28. The maximum absolute atomic E-state index is 4.57. The van der Waals surface area contributed by atoms with E-state index < -0.39 is 0 Å². The molecule has 2 rings (SSSR count). The summed E-state index contributed by atoms with van der Waals surface area (Å²) in [7, 11) is 4.10. The molecule has 1 aromatic carbocycles. The second kappa shape index (κ2) is 9.60. The molecule has 0 aliphatic carbocycles. The van der Waals surface area contributed by atoms with Crippen LogP contribution in [0.2, 0.25) is 0 Å². The molecule has 0 unspecified atom stereocenters. The van der Waals surface area contributed by atoms with Crippen molar-refractivity contribution in [3.05, 3.63) is 42.1 Å². The molecular formula is C16H26N2. The van der Waals surface area contributed by atoms with E-state index in [-0.39, 0.29) is 0 Å². The van der Waals surface area contributed by atoms with Crippen LogP contribution in [0, 0.1) is 0 Å². The van der Waals surface area contributed by atoms with Gasteiger partial charge in [0.05, 0.1) is 11.2 Å². The highest BCUT2D eigenvalue weighted by Gasteiger charge is 1.98. The maximum atomic E-state index is 4.57. The second-order valence-electron chi connectivity index (χ2n) is 3.73. The molecule has 1 aromatic heterocycles. The van der Waals surface area contributed by atoms with E-state index in [1.54, 1.807) is 0 Å². The first-order valence-electron chi connectivity index (χ1n) is 6.75. The summed E-state index contributed by atoms with van der Waals surface area (Å²) in [6.45, 7) is 8.89. The lowest BCUT2D eigenvalue weighted by atomic mass is 10.2. The quantitative estimate of drug-likeness (QED) is 0.783. The molecule has 0 N–H and O–H groups in total. The first-order valence-corrected chi connectivity index (χ1v) is 6.75. The zero-order valence-corrected chi connectivity index (χ0v) is 12.6. The van der Waals surface area contributed by atoms with Crippen LogP contribution < -0.4 is 0 Å². The van der Waals surface area contributed by atoms with Crippen molar-refractivity contribution in [2.45, 2.75) is 34.2 Å². The molecule has 0 aliphatic rings. The highest BCUT2D eigenvalue weighted by atomic mass is 15.1. The number of hydrogen-bond donors (Lipinski definition) is 0. The van der Waals surface area contributed by atoms with Crippen molar-refractivity contribution in [2.75, 3.05) is 14.1 Å². The standard InChI is InChI=1S/C12H14N2.2C2H6/c1-14(2)9-11-8-7-10-5-3-4-6-12(10)13-11;2*1-2/h3-8H,9H2,1-2H3;2*1-2H3. The Hall–Kier alpha value is -1.41. The molecule has 2 aromatic rings. The highest BCUT2D eigenvalue weighted by molar-refractivity contribution is 5.78. The van der Waals surface area contributed by atoms with Crippen molar-refractivity contribution < 1.29 is 0 Å². The van der Waals surface area contributed by atoms with Gasteiger partial charge in [-0.15, -0.1) is 0 Å². The summed E-state index contributed by atoms with van der Waals surface area (Å²) in [5.41, 5.74) is 2.19. The van der Waals surface area contributed by atoms with E-state index in [0.717, 1.165) is 17.8 Å². The van der Waals surface area contributed by atoms with Crippen molar-refractivity contribution in [1.82, 2.24) is 9.88 Å². The minimum atomic E-state index is 0.894. The Labute approximate surface area is 112 Å². The fourth-order valence-electron chi connectivity index (χ4n) is 1.52. The third-order valence-corrected chi connectivity index (χ3v) is 2.13. The third kappa shape index (κ3) is 5.28.